The van der Waals surface area contributed by atoms with Crippen LogP contribution in [0.15, 0.2) is 54.7 Å². The van der Waals surface area contributed by atoms with E-state index in [0.29, 0.717) is 5.69 Å². The van der Waals surface area contributed by atoms with Crippen molar-refractivity contribution in [1.82, 2.24) is 4.57 Å². The van der Waals surface area contributed by atoms with Crippen LogP contribution in [0.1, 0.15) is 5.56 Å². The second-order valence-electron chi connectivity index (χ2n) is 4.72. The first-order chi connectivity index (χ1) is 9.16. The second-order valence-corrected chi connectivity index (χ2v) is 4.72. The number of aromatic nitrogens is 1. The zero-order chi connectivity index (χ0) is 13.4. The number of para-hydroxylation sites is 1. The molecule has 0 unspecified atom stereocenters. The molecule has 3 heteroatoms. The van der Waals surface area contributed by atoms with Crippen LogP contribution in [-0.4, -0.2) is 16.4 Å². The highest BCUT2D eigenvalue weighted by atomic mass is 16.3. The normalized spacial score (nSPS) is 10.8. The summed E-state index contributed by atoms with van der Waals surface area (Å²) in [5.74, 6) is 0. The Bertz CT molecular complexity index is 757. The lowest BCUT2D eigenvalue weighted by Crippen LogP contribution is -1.92. The quantitative estimate of drug-likeness (QED) is 0.632. The standard InChI is InChI=1S/C16H15N2O/c1-12-11-18(13-6-4-3-5-7-13)16-9-8-14(17(2)19)10-15(12)16/h3-11H,1-2H3/q+1. The van der Waals surface area contributed by atoms with Crippen LogP contribution >= 0.6 is 0 Å². The van der Waals surface area contributed by atoms with Crippen LogP contribution in [0.4, 0.5) is 5.69 Å². The number of nitrogens with zero attached hydrogens (tertiary/aromatic N) is 2. The Labute approximate surface area is 111 Å². The summed E-state index contributed by atoms with van der Waals surface area (Å²) in [5, 5.41) is 1.11. The average Bonchev–Trinajstić information content (AvgIpc) is 2.77. The predicted octanol–water partition coefficient (Wildman–Crippen LogP) is 3.98. The molecule has 0 fully saturated rings. The van der Waals surface area contributed by atoms with Gasteiger partial charge in [0.1, 0.15) is 0 Å². The molecular weight excluding hydrogens is 236 g/mol. The van der Waals surface area contributed by atoms with Crippen LogP contribution in [0.3, 0.4) is 0 Å². The first kappa shape index (κ1) is 11.7. The van der Waals surface area contributed by atoms with Gasteiger partial charge >= 0.3 is 0 Å². The summed E-state index contributed by atoms with van der Waals surface area (Å²) in [6.45, 7) is 2.07. The number of nitroso groups, excluding NO2 is 1. The van der Waals surface area contributed by atoms with Crippen LogP contribution in [-0.2, 0) is 0 Å². The maximum Gasteiger partial charge on any atom is 0.256 e. The third-order valence-electron chi connectivity index (χ3n) is 3.39. The molecule has 19 heavy (non-hydrogen) atoms. The van der Waals surface area contributed by atoms with Crippen LogP contribution in [0, 0.1) is 11.8 Å². The maximum atomic E-state index is 11.4. The number of hydrogen-bond donors (Lipinski definition) is 0. The lowest BCUT2D eigenvalue weighted by molar-refractivity contribution is -0.428. The Hall–Kier alpha value is -2.42. The number of rotatable bonds is 2. The van der Waals surface area contributed by atoms with E-state index in [-0.39, 0.29) is 0 Å². The van der Waals surface area contributed by atoms with Gasteiger partial charge in [0.05, 0.1) is 5.52 Å². The van der Waals surface area contributed by atoms with Crippen LogP contribution in [0.5, 0.6) is 0 Å². The smallest absolute Gasteiger partial charge is 0.256 e. The molecule has 0 saturated heterocycles. The summed E-state index contributed by atoms with van der Waals surface area (Å²) in [4.78, 5) is 11.4. The van der Waals surface area contributed by atoms with Crippen molar-refractivity contribution >= 4 is 16.6 Å². The fourth-order valence-corrected chi connectivity index (χ4v) is 2.38. The van der Waals surface area contributed by atoms with Gasteiger partial charge < -0.3 is 4.57 Å². The second kappa shape index (κ2) is 4.35. The van der Waals surface area contributed by atoms with E-state index in [4.69, 9.17) is 0 Å². The summed E-state index contributed by atoms with van der Waals surface area (Å²) in [7, 11) is 1.52. The van der Waals surface area contributed by atoms with Gasteiger partial charge in [-0.25, -0.2) is 0 Å². The fraction of sp³-hybridized carbons (Fsp3) is 0.125. The zero-order valence-corrected chi connectivity index (χ0v) is 11.0. The van der Waals surface area contributed by atoms with Gasteiger partial charge in [0, 0.05) is 39.1 Å². The SMILES string of the molecule is Cc1cn(-c2ccccc2)c2ccc([N+](C)=O)cc12. The van der Waals surface area contributed by atoms with Crippen molar-refractivity contribution in [2.75, 3.05) is 7.05 Å². The Morgan fingerprint density at radius 1 is 1.05 bits per heavy atom. The van der Waals surface area contributed by atoms with Gasteiger partial charge in [0.25, 0.3) is 5.69 Å². The highest BCUT2D eigenvalue weighted by Crippen LogP contribution is 2.27. The van der Waals surface area contributed by atoms with Gasteiger partial charge in [-0.2, -0.15) is 0 Å². The highest BCUT2D eigenvalue weighted by Gasteiger charge is 2.12. The molecule has 0 aliphatic rings. The Morgan fingerprint density at radius 3 is 2.47 bits per heavy atom. The average molecular weight is 251 g/mol. The zero-order valence-electron chi connectivity index (χ0n) is 11.0. The van der Waals surface area contributed by atoms with Crippen molar-refractivity contribution in [3.63, 3.8) is 0 Å². The summed E-state index contributed by atoms with van der Waals surface area (Å²) in [6, 6.07) is 16.0. The third kappa shape index (κ3) is 1.93. The van der Waals surface area contributed by atoms with Crippen molar-refractivity contribution < 1.29 is 4.76 Å². The van der Waals surface area contributed by atoms with Crippen molar-refractivity contribution in [3.05, 3.63) is 65.2 Å². The van der Waals surface area contributed by atoms with E-state index in [2.05, 4.69) is 29.8 Å². The number of hydrogen-bond acceptors (Lipinski definition) is 1. The van der Waals surface area contributed by atoms with Crippen molar-refractivity contribution in [3.8, 4) is 5.69 Å². The van der Waals surface area contributed by atoms with E-state index in [1.165, 1.54) is 12.6 Å². The fourth-order valence-electron chi connectivity index (χ4n) is 2.38. The van der Waals surface area contributed by atoms with Gasteiger partial charge in [-0.3, -0.25) is 0 Å². The van der Waals surface area contributed by atoms with E-state index >= 15 is 0 Å². The Morgan fingerprint density at radius 2 is 1.79 bits per heavy atom. The highest BCUT2D eigenvalue weighted by molar-refractivity contribution is 5.87. The van der Waals surface area contributed by atoms with Crippen LogP contribution < -0.4 is 0 Å². The molecule has 2 aromatic carbocycles. The maximum absolute atomic E-state index is 11.4. The van der Waals surface area contributed by atoms with Gasteiger partial charge in [-0.05, 0) is 30.7 Å². The minimum Gasteiger partial charge on any atom is -0.316 e. The van der Waals surface area contributed by atoms with Gasteiger partial charge in [0.2, 0.25) is 0 Å². The molecule has 0 aliphatic carbocycles. The molecule has 3 nitrogen and oxygen atoms in total. The minimum atomic E-state index is 0.682. The summed E-state index contributed by atoms with van der Waals surface area (Å²) >= 11 is 0. The van der Waals surface area contributed by atoms with Crippen molar-refractivity contribution in [1.29, 1.82) is 0 Å². The molecule has 3 aromatic rings. The first-order valence-corrected chi connectivity index (χ1v) is 6.25. The summed E-state index contributed by atoms with van der Waals surface area (Å²) in [6.07, 6.45) is 2.11. The largest absolute Gasteiger partial charge is 0.316 e. The molecule has 0 spiro atoms. The molecule has 1 heterocycles. The molecule has 0 atom stereocenters. The van der Waals surface area contributed by atoms with Crippen LogP contribution in [0.25, 0.3) is 16.6 Å². The summed E-state index contributed by atoms with van der Waals surface area (Å²) < 4.78 is 3.04. The van der Waals surface area contributed by atoms with Crippen LogP contribution in [0.2, 0.25) is 0 Å². The lowest BCUT2D eigenvalue weighted by Gasteiger charge is -2.04. The number of aryl methyl sites for hydroxylation is 1. The minimum absolute atomic E-state index is 0.682. The third-order valence-corrected chi connectivity index (χ3v) is 3.39. The molecule has 0 bridgehead atoms. The first-order valence-electron chi connectivity index (χ1n) is 6.25. The lowest BCUT2D eigenvalue weighted by atomic mass is 10.2. The van der Waals surface area contributed by atoms with E-state index in [1.54, 1.807) is 0 Å². The van der Waals surface area contributed by atoms with E-state index in [9.17, 15) is 4.91 Å². The number of fused-ring (bicyclic) bond motifs is 1. The molecule has 3 rings (SSSR count). The van der Waals surface area contributed by atoms with Gasteiger partial charge in [0.15, 0.2) is 7.05 Å². The molecule has 0 saturated carbocycles. The van der Waals surface area contributed by atoms with E-state index in [0.717, 1.165) is 21.4 Å². The number of benzene rings is 2. The van der Waals surface area contributed by atoms with E-state index in [1.807, 2.05) is 36.4 Å². The van der Waals surface area contributed by atoms with Gasteiger partial charge in [-0.15, -0.1) is 0 Å². The monoisotopic (exact) mass is 251 g/mol. The molecule has 0 radical (unpaired) electrons. The molecular formula is C16H15N2O+. The molecule has 1 aromatic heterocycles. The molecule has 0 amide bonds. The topological polar surface area (TPSA) is 25.0 Å². The molecule has 0 aliphatic heterocycles. The Balaban J connectivity index is 2.26. The molecule has 0 N–H and O–H groups in total. The predicted molar refractivity (Wildman–Crippen MR) is 77.2 cm³/mol. The van der Waals surface area contributed by atoms with E-state index < -0.39 is 0 Å². The molecule has 94 valence electrons. The van der Waals surface area contributed by atoms with Crippen molar-refractivity contribution in [2.45, 2.75) is 6.92 Å². The Kier molecular flexibility index (Phi) is 2.67. The van der Waals surface area contributed by atoms with Crippen molar-refractivity contribution in [2.24, 2.45) is 0 Å². The summed E-state index contributed by atoms with van der Waals surface area (Å²) in [5.41, 5.74) is 4.10. The van der Waals surface area contributed by atoms with Gasteiger partial charge in [-0.1, -0.05) is 18.2 Å².